The molecule has 0 amide bonds. The van der Waals surface area contributed by atoms with Gasteiger partial charge >= 0.3 is 0 Å². The molecule has 0 aliphatic carbocycles. The Hall–Kier alpha value is -1.13. The van der Waals surface area contributed by atoms with Gasteiger partial charge < -0.3 is 10.6 Å². The highest BCUT2D eigenvalue weighted by Gasteiger charge is 2.39. The predicted molar refractivity (Wildman–Crippen MR) is 73.7 cm³/mol. The lowest BCUT2D eigenvalue weighted by Crippen LogP contribution is -2.67. The van der Waals surface area contributed by atoms with Crippen LogP contribution < -0.4 is 10.6 Å². The molecule has 4 heteroatoms. The third-order valence-corrected chi connectivity index (χ3v) is 4.30. The molecule has 3 heterocycles. The third-order valence-electron chi connectivity index (χ3n) is 3.42. The van der Waals surface area contributed by atoms with Crippen molar-refractivity contribution in [2.45, 2.75) is 25.3 Å². The zero-order valence-corrected chi connectivity index (χ0v) is 10.8. The zero-order valence-electron chi connectivity index (χ0n) is 10.0. The number of hydrogen-bond acceptors (Lipinski definition) is 4. The normalized spacial score (nSPS) is 18.4. The van der Waals surface area contributed by atoms with Crippen LogP contribution in [0.4, 0.5) is 5.82 Å². The second-order valence-corrected chi connectivity index (χ2v) is 5.88. The molecule has 1 aliphatic heterocycles. The number of thiophene rings is 1. The van der Waals surface area contributed by atoms with Crippen LogP contribution in [0.2, 0.25) is 0 Å². The predicted octanol–water partition coefficient (Wildman–Crippen LogP) is 2.61. The lowest BCUT2D eigenvalue weighted by molar-refractivity contribution is 0.306. The van der Waals surface area contributed by atoms with Crippen LogP contribution in [0.3, 0.4) is 0 Å². The van der Waals surface area contributed by atoms with Gasteiger partial charge in [0.05, 0.1) is 5.54 Å². The van der Waals surface area contributed by atoms with Gasteiger partial charge in [-0.1, -0.05) is 13.3 Å². The van der Waals surface area contributed by atoms with E-state index >= 15 is 0 Å². The van der Waals surface area contributed by atoms with Gasteiger partial charge in [-0.3, -0.25) is 0 Å². The maximum atomic E-state index is 6.29. The van der Waals surface area contributed by atoms with Crippen LogP contribution >= 0.6 is 11.3 Å². The summed E-state index contributed by atoms with van der Waals surface area (Å²) >= 11 is 1.77. The van der Waals surface area contributed by atoms with Crippen molar-refractivity contribution in [1.29, 1.82) is 0 Å². The molecule has 90 valence electrons. The molecule has 3 rings (SSSR count). The van der Waals surface area contributed by atoms with Crippen molar-refractivity contribution < 1.29 is 0 Å². The molecule has 0 atom stereocenters. The molecule has 0 aromatic carbocycles. The van der Waals surface area contributed by atoms with Crippen LogP contribution in [0.25, 0.3) is 10.1 Å². The highest BCUT2D eigenvalue weighted by Crippen LogP contribution is 2.34. The molecule has 1 fully saturated rings. The molecule has 1 aliphatic rings. The molecule has 0 saturated carbocycles. The van der Waals surface area contributed by atoms with E-state index in [-0.39, 0.29) is 5.54 Å². The topological polar surface area (TPSA) is 42.1 Å². The molecule has 0 radical (unpaired) electrons. The minimum Gasteiger partial charge on any atom is -0.352 e. The highest BCUT2D eigenvalue weighted by atomic mass is 32.1. The Morgan fingerprint density at radius 2 is 2.29 bits per heavy atom. The van der Waals surface area contributed by atoms with Crippen molar-refractivity contribution in [3.05, 3.63) is 23.7 Å². The Morgan fingerprint density at radius 1 is 1.47 bits per heavy atom. The number of rotatable bonds is 3. The van der Waals surface area contributed by atoms with Crippen molar-refractivity contribution >= 4 is 27.2 Å². The van der Waals surface area contributed by atoms with E-state index in [1.165, 1.54) is 10.1 Å². The average Bonchev–Trinajstić information content (AvgIpc) is 2.73. The minimum absolute atomic E-state index is 0.00855. The number of nitrogens with two attached hydrogens (primary N) is 1. The van der Waals surface area contributed by atoms with E-state index < -0.39 is 0 Å². The van der Waals surface area contributed by atoms with Gasteiger partial charge in [0.25, 0.3) is 0 Å². The van der Waals surface area contributed by atoms with Crippen LogP contribution in [-0.2, 0) is 0 Å². The van der Waals surface area contributed by atoms with E-state index in [4.69, 9.17) is 5.73 Å². The molecule has 0 bridgehead atoms. The fourth-order valence-corrected chi connectivity index (χ4v) is 3.43. The van der Waals surface area contributed by atoms with Crippen LogP contribution in [0.1, 0.15) is 19.8 Å². The fourth-order valence-electron chi connectivity index (χ4n) is 2.65. The molecule has 2 N–H and O–H groups in total. The van der Waals surface area contributed by atoms with Gasteiger partial charge in [-0.15, -0.1) is 11.3 Å². The van der Waals surface area contributed by atoms with Crippen molar-refractivity contribution in [2.75, 3.05) is 18.0 Å². The summed E-state index contributed by atoms with van der Waals surface area (Å²) in [7, 11) is 0. The molecular formula is C13H17N3S. The lowest BCUT2D eigenvalue weighted by atomic mass is 9.86. The number of hydrogen-bond donors (Lipinski definition) is 1. The van der Waals surface area contributed by atoms with Crippen LogP contribution in [-0.4, -0.2) is 23.6 Å². The monoisotopic (exact) mass is 247 g/mol. The molecule has 3 nitrogen and oxygen atoms in total. The van der Waals surface area contributed by atoms with Crippen molar-refractivity contribution in [3.63, 3.8) is 0 Å². The minimum atomic E-state index is 0.00855. The van der Waals surface area contributed by atoms with Gasteiger partial charge in [0.1, 0.15) is 5.82 Å². The van der Waals surface area contributed by atoms with Gasteiger partial charge in [0.2, 0.25) is 0 Å². The first kappa shape index (κ1) is 11.0. The first-order chi connectivity index (χ1) is 8.22. The summed E-state index contributed by atoms with van der Waals surface area (Å²) in [6.45, 7) is 4.06. The number of fused-ring (bicyclic) bond motifs is 1. The van der Waals surface area contributed by atoms with Crippen molar-refractivity contribution in [1.82, 2.24) is 4.98 Å². The highest BCUT2D eigenvalue weighted by molar-refractivity contribution is 7.17. The molecule has 0 unspecified atom stereocenters. The van der Waals surface area contributed by atoms with Gasteiger partial charge in [-0.2, -0.15) is 0 Å². The van der Waals surface area contributed by atoms with E-state index in [0.717, 1.165) is 31.7 Å². The lowest BCUT2D eigenvalue weighted by Gasteiger charge is -2.48. The summed E-state index contributed by atoms with van der Waals surface area (Å²) in [6, 6.07) is 4.23. The Balaban J connectivity index is 1.85. The van der Waals surface area contributed by atoms with E-state index in [2.05, 4.69) is 34.3 Å². The first-order valence-corrected chi connectivity index (χ1v) is 6.96. The van der Waals surface area contributed by atoms with Gasteiger partial charge in [-0.05, 0) is 23.9 Å². The van der Waals surface area contributed by atoms with E-state index in [1.807, 2.05) is 6.20 Å². The number of aromatic nitrogens is 1. The van der Waals surface area contributed by atoms with Crippen LogP contribution in [0.15, 0.2) is 23.7 Å². The average molecular weight is 247 g/mol. The zero-order chi connectivity index (χ0) is 11.9. The molecule has 0 spiro atoms. The maximum Gasteiger partial charge on any atom is 0.137 e. The van der Waals surface area contributed by atoms with E-state index in [1.54, 1.807) is 11.3 Å². The number of anilines is 1. The second kappa shape index (κ2) is 3.96. The fraction of sp³-hybridized carbons (Fsp3) is 0.462. The molecule has 2 aromatic rings. The van der Waals surface area contributed by atoms with E-state index in [0.29, 0.717) is 0 Å². The quantitative estimate of drug-likeness (QED) is 0.906. The second-order valence-electron chi connectivity index (χ2n) is 4.94. The van der Waals surface area contributed by atoms with E-state index in [9.17, 15) is 0 Å². The van der Waals surface area contributed by atoms with Gasteiger partial charge in [0, 0.05) is 29.4 Å². The summed E-state index contributed by atoms with van der Waals surface area (Å²) in [6.07, 6.45) is 4.15. The molecule has 17 heavy (non-hydrogen) atoms. The van der Waals surface area contributed by atoms with Crippen LogP contribution in [0, 0.1) is 0 Å². The van der Waals surface area contributed by atoms with Gasteiger partial charge in [0.15, 0.2) is 0 Å². The molecular weight excluding hydrogens is 230 g/mol. The molecule has 2 aromatic heterocycles. The third kappa shape index (κ3) is 1.81. The summed E-state index contributed by atoms with van der Waals surface area (Å²) < 4.78 is 1.31. The Kier molecular flexibility index (Phi) is 2.56. The maximum absolute atomic E-state index is 6.29. The number of pyridine rings is 1. The number of nitrogens with zero attached hydrogens (tertiary/aromatic N) is 2. The molecule has 1 saturated heterocycles. The Labute approximate surface area is 105 Å². The van der Waals surface area contributed by atoms with Gasteiger partial charge in [-0.25, -0.2) is 4.98 Å². The van der Waals surface area contributed by atoms with Crippen LogP contribution in [0.5, 0.6) is 0 Å². The SMILES string of the molecule is CCCC1(N)CN(c2nccc3sccc23)C1. The van der Waals surface area contributed by atoms with Crippen molar-refractivity contribution in [3.8, 4) is 0 Å². The standard InChI is InChI=1S/C13H17N3S/c1-2-5-13(14)8-16(9-13)12-10-4-7-17-11(10)3-6-15-12/h3-4,6-7H,2,5,8-9,14H2,1H3. The largest absolute Gasteiger partial charge is 0.352 e. The van der Waals surface area contributed by atoms with Crippen molar-refractivity contribution in [2.24, 2.45) is 5.73 Å². The summed E-state index contributed by atoms with van der Waals surface area (Å²) in [5.41, 5.74) is 6.30. The smallest absolute Gasteiger partial charge is 0.137 e. The summed E-state index contributed by atoms with van der Waals surface area (Å²) in [5, 5.41) is 3.38. The first-order valence-electron chi connectivity index (χ1n) is 6.08. The summed E-state index contributed by atoms with van der Waals surface area (Å²) in [4.78, 5) is 6.80. The Bertz CT molecular complexity index is 528. The Morgan fingerprint density at radius 3 is 3.06 bits per heavy atom. The summed E-state index contributed by atoms with van der Waals surface area (Å²) in [5.74, 6) is 1.10.